The summed E-state index contributed by atoms with van der Waals surface area (Å²) in [6.45, 7) is 7.45. The molecule has 1 aromatic carbocycles. The number of hydrogen-bond acceptors (Lipinski definition) is 1. The van der Waals surface area contributed by atoms with E-state index in [1.807, 2.05) is 12.1 Å². The van der Waals surface area contributed by atoms with E-state index in [2.05, 4.69) is 18.0 Å². The van der Waals surface area contributed by atoms with Crippen LogP contribution in [0.3, 0.4) is 0 Å². The highest BCUT2D eigenvalue weighted by atomic mass is 28.3. The van der Waals surface area contributed by atoms with Crippen molar-refractivity contribution in [1.29, 1.82) is 0 Å². The maximum Gasteiger partial charge on any atom is 0.123 e. The van der Waals surface area contributed by atoms with Gasteiger partial charge in [-0.2, -0.15) is 0 Å². The Morgan fingerprint density at radius 2 is 1.67 bits per heavy atom. The van der Waals surface area contributed by atoms with E-state index in [1.165, 1.54) is 44.1 Å². The van der Waals surface area contributed by atoms with E-state index in [0.29, 0.717) is 0 Å². The molecular formula is C15H24FNSi. The Morgan fingerprint density at radius 1 is 1.06 bits per heavy atom. The Bertz CT molecular complexity index is 369. The Balaban J connectivity index is 1.91. The summed E-state index contributed by atoms with van der Waals surface area (Å²) < 4.78 is 12.9. The SMILES string of the molecule is C[Si](C)(Cc1ccc(F)cc1)CN1CCCCC1. The molecule has 2 rings (SSSR count). The van der Waals surface area contributed by atoms with Gasteiger partial charge in [0.1, 0.15) is 5.82 Å². The van der Waals surface area contributed by atoms with Crippen LogP contribution >= 0.6 is 0 Å². The van der Waals surface area contributed by atoms with Crippen LogP contribution in [0.5, 0.6) is 0 Å². The standard InChI is InChI=1S/C15H24FNSi/c1-18(2,13-17-10-4-3-5-11-17)12-14-6-8-15(16)9-7-14/h6-9H,3-5,10-13H2,1-2H3. The first kappa shape index (κ1) is 13.8. The number of halogens is 1. The van der Waals surface area contributed by atoms with Crippen LogP contribution in [0.4, 0.5) is 4.39 Å². The van der Waals surface area contributed by atoms with Crippen molar-refractivity contribution in [3.8, 4) is 0 Å². The fourth-order valence-electron chi connectivity index (χ4n) is 2.93. The summed E-state index contributed by atoms with van der Waals surface area (Å²) in [5.74, 6) is -0.130. The zero-order chi connectivity index (χ0) is 13.0. The monoisotopic (exact) mass is 265 g/mol. The van der Waals surface area contributed by atoms with E-state index < -0.39 is 8.07 Å². The predicted octanol–water partition coefficient (Wildman–Crippen LogP) is 3.64. The van der Waals surface area contributed by atoms with Crippen LogP contribution in [-0.4, -0.2) is 32.2 Å². The minimum absolute atomic E-state index is 0.130. The van der Waals surface area contributed by atoms with E-state index in [-0.39, 0.29) is 5.82 Å². The van der Waals surface area contributed by atoms with Gasteiger partial charge in [-0.05, 0) is 50.3 Å². The lowest BCUT2D eigenvalue weighted by Gasteiger charge is -2.33. The molecule has 100 valence electrons. The zero-order valence-corrected chi connectivity index (χ0v) is 12.6. The van der Waals surface area contributed by atoms with Crippen molar-refractivity contribution < 1.29 is 4.39 Å². The molecule has 0 spiro atoms. The molecule has 0 aliphatic carbocycles. The van der Waals surface area contributed by atoms with Gasteiger partial charge in [0.2, 0.25) is 0 Å². The summed E-state index contributed by atoms with van der Waals surface area (Å²) in [7, 11) is -1.25. The number of piperidine rings is 1. The van der Waals surface area contributed by atoms with Gasteiger partial charge in [-0.1, -0.05) is 37.2 Å². The molecule has 1 nitrogen and oxygen atoms in total. The summed E-state index contributed by atoms with van der Waals surface area (Å²) >= 11 is 0. The van der Waals surface area contributed by atoms with Gasteiger partial charge >= 0.3 is 0 Å². The predicted molar refractivity (Wildman–Crippen MR) is 77.9 cm³/mol. The van der Waals surface area contributed by atoms with Crippen molar-refractivity contribution in [1.82, 2.24) is 4.90 Å². The fourth-order valence-corrected chi connectivity index (χ4v) is 5.91. The highest BCUT2D eigenvalue weighted by molar-refractivity contribution is 6.77. The largest absolute Gasteiger partial charge is 0.306 e. The quantitative estimate of drug-likeness (QED) is 0.751. The van der Waals surface area contributed by atoms with Gasteiger partial charge in [0.15, 0.2) is 0 Å². The van der Waals surface area contributed by atoms with Crippen LogP contribution in [0.2, 0.25) is 13.1 Å². The lowest BCUT2D eigenvalue weighted by molar-refractivity contribution is 0.258. The molecule has 1 heterocycles. The second-order valence-corrected chi connectivity index (χ2v) is 11.3. The molecule has 0 unspecified atom stereocenters. The second kappa shape index (κ2) is 5.98. The van der Waals surface area contributed by atoms with Crippen molar-refractivity contribution in [3.05, 3.63) is 35.6 Å². The molecular weight excluding hydrogens is 241 g/mol. The molecule has 1 aliphatic heterocycles. The lowest BCUT2D eigenvalue weighted by Crippen LogP contribution is -2.46. The van der Waals surface area contributed by atoms with E-state index in [1.54, 1.807) is 12.1 Å². The molecule has 1 aromatic rings. The molecule has 18 heavy (non-hydrogen) atoms. The Hall–Kier alpha value is -0.673. The van der Waals surface area contributed by atoms with Gasteiger partial charge in [0, 0.05) is 0 Å². The summed E-state index contributed by atoms with van der Waals surface area (Å²) in [5.41, 5.74) is 1.30. The first-order chi connectivity index (χ1) is 8.55. The summed E-state index contributed by atoms with van der Waals surface area (Å²) in [6, 6.07) is 8.21. The maximum absolute atomic E-state index is 12.9. The molecule has 3 heteroatoms. The first-order valence-corrected chi connectivity index (χ1v) is 10.4. The lowest BCUT2D eigenvalue weighted by atomic mass is 10.1. The molecule has 1 saturated heterocycles. The average molecular weight is 265 g/mol. The fraction of sp³-hybridized carbons (Fsp3) is 0.600. The van der Waals surface area contributed by atoms with E-state index in [0.717, 1.165) is 6.04 Å². The third kappa shape index (κ3) is 4.21. The van der Waals surface area contributed by atoms with Gasteiger partial charge in [-0.15, -0.1) is 0 Å². The van der Waals surface area contributed by atoms with Crippen LogP contribution in [0.25, 0.3) is 0 Å². The van der Waals surface area contributed by atoms with Crippen molar-refractivity contribution in [2.45, 2.75) is 38.4 Å². The van der Waals surface area contributed by atoms with Crippen LogP contribution < -0.4 is 0 Å². The minimum Gasteiger partial charge on any atom is -0.306 e. The summed E-state index contributed by atoms with van der Waals surface area (Å²) in [5, 5.41) is 0. The molecule has 0 saturated carbocycles. The molecule has 1 fully saturated rings. The van der Waals surface area contributed by atoms with Crippen molar-refractivity contribution in [3.63, 3.8) is 0 Å². The third-order valence-corrected chi connectivity index (χ3v) is 6.36. The molecule has 0 aromatic heterocycles. The van der Waals surface area contributed by atoms with Gasteiger partial charge in [-0.3, -0.25) is 0 Å². The van der Waals surface area contributed by atoms with Gasteiger partial charge in [-0.25, -0.2) is 4.39 Å². The number of nitrogens with zero attached hydrogens (tertiary/aromatic N) is 1. The second-order valence-electron chi connectivity index (χ2n) is 6.30. The Kier molecular flexibility index (Phi) is 4.57. The number of benzene rings is 1. The zero-order valence-electron chi connectivity index (χ0n) is 11.6. The summed E-state index contributed by atoms with van der Waals surface area (Å²) in [4.78, 5) is 2.64. The highest BCUT2D eigenvalue weighted by Crippen LogP contribution is 2.17. The molecule has 0 atom stereocenters. The smallest absolute Gasteiger partial charge is 0.123 e. The highest BCUT2D eigenvalue weighted by Gasteiger charge is 2.25. The Labute approximate surface area is 111 Å². The van der Waals surface area contributed by atoms with Gasteiger partial charge in [0.25, 0.3) is 0 Å². The Morgan fingerprint density at radius 3 is 2.28 bits per heavy atom. The molecule has 0 amide bonds. The summed E-state index contributed by atoms with van der Waals surface area (Å²) in [6.07, 6.45) is 5.41. The van der Waals surface area contributed by atoms with Crippen LogP contribution in [0, 0.1) is 5.82 Å². The van der Waals surface area contributed by atoms with Crippen LogP contribution in [0.1, 0.15) is 24.8 Å². The van der Waals surface area contributed by atoms with E-state index >= 15 is 0 Å². The van der Waals surface area contributed by atoms with Crippen molar-refractivity contribution in [2.24, 2.45) is 0 Å². The normalized spacial score (nSPS) is 17.9. The third-order valence-electron chi connectivity index (χ3n) is 3.70. The van der Waals surface area contributed by atoms with Crippen LogP contribution in [0.15, 0.2) is 24.3 Å². The van der Waals surface area contributed by atoms with E-state index in [4.69, 9.17) is 0 Å². The molecule has 1 aliphatic rings. The van der Waals surface area contributed by atoms with Crippen LogP contribution in [-0.2, 0) is 6.04 Å². The number of hydrogen-bond donors (Lipinski definition) is 0. The van der Waals surface area contributed by atoms with E-state index in [9.17, 15) is 4.39 Å². The van der Waals surface area contributed by atoms with Gasteiger partial charge in [0.05, 0.1) is 8.07 Å². The molecule has 0 bridgehead atoms. The van der Waals surface area contributed by atoms with Gasteiger partial charge < -0.3 is 4.90 Å². The minimum atomic E-state index is -1.25. The molecule has 0 N–H and O–H groups in total. The average Bonchev–Trinajstić information content (AvgIpc) is 2.32. The number of rotatable bonds is 4. The maximum atomic E-state index is 12.9. The first-order valence-electron chi connectivity index (χ1n) is 7.02. The number of likely N-dealkylation sites (tertiary alicyclic amines) is 1. The van der Waals surface area contributed by atoms with Crippen molar-refractivity contribution >= 4 is 8.07 Å². The molecule has 0 radical (unpaired) electrons. The van der Waals surface area contributed by atoms with Crippen molar-refractivity contribution in [2.75, 3.05) is 19.3 Å². The topological polar surface area (TPSA) is 3.24 Å².